The first-order valence-corrected chi connectivity index (χ1v) is 9.31. The first-order chi connectivity index (χ1) is 12.3. The highest BCUT2D eigenvalue weighted by Gasteiger charge is 2.24. The molecule has 0 unspecified atom stereocenters. The maximum absolute atomic E-state index is 12.3. The standard InChI is InChI=1S/C18H26N4O3S/c1-7-18(3,4)20-16(23)11(2)26-17-19-15(21-22-17)13-9-8-12(24-5)10-14(13)25-6/h8-11H,7H2,1-6H3,(H,20,23)(H,19,21,22)/t11-/m0/s1. The van der Waals surface area contributed by atoms with Crippen molar-refractivity contribution in [2.75, 3.05) is 14.2 Å². The highest BCUT2D eigenvalue weighted by molar-refractivity contribution is 8.00. The first kappa shape index (κ1) is 20.1. The summed E-state index contributed by atoms with van der Waals surface area (Å²) < 4.78 is 10.6. The van der Waals surface area contributed by atoms with Crippen LogP contribution in [0.4, 0.5) is 0 Å². The number of nitrogens with one attached hydrogen (secondary N) is 2. The Balaban J connectivity index is 2.12. The van der Waals surface area contributed by atoms with E-state index < -0.39 is 0 Å². The minimum atomic E-state index is -0.303. The van der Waals surface area contributed by atoms with Crippen LogP contribution >= 0.6 is 11.8 Å². The van der Waals surface area contributed by atoms with Gasteiger partial charge in [0, 0.05) is 11.6 Å². The van der Waals surface area contributed by atoms with E-state index in [1.807, 2.05) is 39.8 Å². The summed E-state index contributed by atoms with van der Waals surface area (Å²) in [6, 6.07) is 5.47. The number of hydrogen-bond acceptors (Lipinski definition) is 6. The highest BCUT2D eigenvalue weighted by Crippen LogP contribution is 2.32. The second kappa shape index (κ2) is 8.44. The average molecular weight is 378 g/mol. The van der Waals surface area contributed by atoms with Gasteiger partial charge in [0.05, 0.1) is 25.0 Å². The van der Waals surface area contributed by atoms with Crippen molar-refractivity contribution in [3.63, 3.8) is 0 Å². The summed E-state index contributed by atoms with van der Waals surface area (Å²) in [6.07, 6.45) is 0.859. The van der Waals surface area contributed by atoms with Crippen LogP contribution in [0, 0.1) is 0 Å². The number of ether oxygens (including phenoxy) is 2. The van der Waals surface area contributed by atoms with E-state index in [0.29, 0.717) is 22.5 Å². The molecule has 0 aliphatic heterocycles. The highest BCUT2D eigenvalue weighted by atomic mass is 32.2. The molecule has 8 heteroatoms. The van der Waals surface area contributed by atoms with Gasteiger partial charge in [-0.3, -0.25) is 9.89 Å². The lowest BCUT2D eigenvalue weighted by atomic mass is 10.0. The van der Waals surface area contributed by atoms with Crippen molar-refractivity contribution in [3.05, 3.63) is 18.2 Å². The molecule has 1 aromatic carbocycles. The molecule has 0 saturated carbocycles. The Labute approximate surface area is 158 Å². The van der Waals surface area contributed by atoms with Crippen LogP contribution in [0.5, 0.6) is 11.5 Å². The molecule has 0 aliphatic carbocycles. The van der Waals surface area contributed by atoms with Crippen molar-refractivity contribution in [1.29, 1.82) is 0 Å². The Kier molecular flexibility index (Phi) is 6.52. The molecule has 0 radical (unpaired) electrons. The van der Waals surface area contributed by atoms with E-state index in [4.69, 9.17) is 9.47 Å². The van der Waals surface area contributed by atoms with Crippen LogP contribution in [0.2, 0.25) is 0 Å². The van der Waals surface area contributed by atoms with Crippen LogP contribution < -0.4 is 14.8 Å². The van der Waals surface area contributed by atoms with Crippen LogP contribution in [-0.2, 0) is 4.79 Å². The summed E-state index contributed by atoms with van der Waals surface area (Å²) in [5.41, 5.74) is 0.545. The third-order valence-electron chi connectivity index (χ3n) is 4.13. The molecule has 1 atom stereocenters. The van der Waals surface area contributed by atoms with Gasteiger partial charge in [-0.2, -0.15) is 0 Å². The van der Waals surface area contributed by atoms with E-state index in [-0.39, 0.29) is 16.7 Å². The molecule has 142 valence electrons. The lowest BCUT2D eigenvalue weighted by Crippen LogP contribution is -2.46. The molecule has 1 aromatic heterocycles. The molecule has 0 bridgehead atoms. The van der Waals surface area contributed by atoms with Gasteiger partial charge >= 0.3 is 0 Å². The monoisotopic (exact) mass is 378 g/mol. The lowest BCUT2D eigenvalue weighted by Gasteiger charge is -2.26. The fraction of sp³-hybridized carbons (Fsp3) is 0.500. The molecule has 2 aromatic rings. The van der Waals surface area contributed by atoms with Gasteiger partial charge in [-0.25, -0.2) is 4.98 Å². The van der Waals surface area contributed by atoms with E-state index in [1.165, 1.54) is 11.8 Å². The van der Waals surface area contributed by atoms with E-state index in [9.17, 15) is 4.79 Å². The molecule has 0 aliphatic rings. The molecule has 0 spiro atoms. The summed E-state index contributed by atoms with van der Waals surface area (Å²) in [5.74, 6) is 1.87. The number of carbonyl (C=O) groups excluding carboxylic acids is 1. The number of hydrogen-bond donors (Lipinski definition) is 2. The van der Waals surface area contributed by atoms with Crippen molar-refractivity contribution in [3.8, 4) is 22.9 Å². The van der Waals surface area contributed by atoms with Crippen molar-refractivity contribution in [2.45, 2.75) is 50.1 Å². The molecule has 2 rings (SSSR count). The second-order valence-electron chi connectivity index (χ2n) is 6.52. The lowest BCUT2D eigenvalue weighted by molar-refractivity contribution is -0.121. The molecule has 26 heavy (non-hydrogen) atoms. The number of amides is 1. The quantitative estimate of drug-likeness (QED) is 0.685. The Morgan fingerprint density at radius 2 is 2.08 bits per heavy atom. The summed E-state index contributed by atoms with van der Waals surface area (Å²) in [7, 11) is 3.19. The molecule has 1 amide bonds. The molecule has 1 heterocycles. The Morgan fingerprint density at radius 3 is 2.69 bits per heavy atom. The van der Waals surface area contributed by atoms with Gasteiger partial charge in [0.25, 0.3) is 0 Å². The number of nitrogens with zero attached hydrogens (tertiary/aromatic N) is 2. The zero-order valence-corrected chi connectivity index (χ0v) is 16.9. The molecule has 2 N–H and O–H groups in total. The molecular weight excluding hydrogens is 352 g/mol. The number of aromatic nitrogens is 3. The van der Waals surface area contributed by atoms with Crippen LogP contribution in [0.25, 0.3) is 11.4 Å². The number of methoxy groups -OCH3 is 2. The predicted octanol–water partition coefficient (Wildman–Crippen LogP) is 3.27. The van der Waals surface area contributed by atoms with Gasteiger partial charge in [-0.15, -0.1) is 5.10 Å². The predicted molar refractivity (Wildman–Crippen MR) is 103 cm³/mol. The summed E-state index contributed by atoms with van der Waals surface area (Å²) >= 11 is 1.31. The normalized spacial score (nSPS) is 12.5. The fourth-order valence-corrected chi connectivity index (χ4v) is 2.87. The second-order valence-corrected chi connectivity index (χ2v) is 7.83. The number of rotatable bonds is 8. The van der Waals surface area contributed by atoms with Crippen LogP contribution in [0.15, 0.2) is 23.4 Å². The zero-order chi connectivity index (χ0) is 19.3. The summed E-state index contributed by atoms with van der Waals surface area (Å²) in [6.45, 7) is 7.89. The topological polar surface area (TPSA) is 89.1 Å². The van der Waals surface area contributed by atoms with Crippen LogP contribution in [0.3, 0.4) is 0 Å². The summed E-state index contributed by atoms with van der Waals surface area (Å²) in [5, 5.41) is 10.4. The van der Waals surface area contributed by atoms with E-state index in [1.54, 1.807) is 20.3 Å². The summed E-state index contributed by atoms with van der Waals surface area (Å²) in [4.78, 5) is 16.8. The van der Waals surface area contributed by atoms with Gasteiger partial charge in [-0.05, 0) is 39.3 Å². The van der Waals surface area contributed by atoms with Crippen molar-refractivity contribution >= 4 is 17.7 Å². The van der Waals surface area contributed by atoms with E-state index in [0.717, 1.165) is 12.0 Å². The number of aromatic amines is 1. The number of carbonyl (C=O) groups is 1. The average Bonchev–Trinajstić information content (AvgIpc) is 3.08. The first-order valence-electron chi connectivity index (χ1n) is 8.43. The van der Waals surface area contributed by atoms with Gasteiger partial charge in [-0.1, -0.05) is 18.7 Å². The van der Waals surface area contributed by atoms with E-state index in [2.05, 4.69) is 20.5 Å². The Bertz CT molecular complexity index is 761. The van der Waals surface area contributed by atoms with Crippen molar-refractivity contribution in [1.82, 2.24) is 20.5 Å². The van der Waals surface area contributed by atoms with Gasteiger partial charge in [0.2, 0.25) is 11.1 Å². The smallest absolute Gasteiger partial charge is 0.233 e. The third-order valence-corrected chi connectivity index (χ3v) is 5.09. The fourth-order valence-electron chi connectivity index (χ4n) is 2.15. The Hall–Kier alpha value is -2.22. The minimum absolute atomic E-state index is 0.0322. The molecule has 0 fully saturated rings. The van der Waals surface area contributed by atoms with E-state index >= 15 is 0 Å². The van der Waals surface area contributed by atoms with Crippen LogP contribution in [-0.4, -0.2) is 46.1 Å². The van der Waals surface area contributed by atoms with Gasteiger partial charge in [0.15, 0.2) is 5.82 Å². The van der Waals surface area contributed by atoms with Gasteiger partial charge < -0.3 is 14.8 Å². The molecule has 7 nitrogen and oxygen atoms in total. The van der Waals surface area contributed by atoms with Crippen molar-refractivity contribution in [2.24, 2.45) is 0 Å². The van der Waals surface area contributed by atoms with Crippen LogP contribution in [0.1, 0.15) is 34.1 Å². The molecular formula is C18H26N4O3S. The molecule has 0 saturated heterocycles. The third kappa shape index (κ3) is 4.91. The van der Waals surface area contributed by atoms with Gasteiger partial charge in [0.1, 0.15) is 11.5 Å². The Morgan fingerprint density at radius 1 is 1.35 bits per heavy atom. The van der Waals surface area contributed by atoms with Crippen molar-refractivity contribution < 1.29 is 14.3 Å². The number of H-pyrrole nitrogens is 1. The minimum Gasteiger partial charge on any atom is -0.497 e. The number of thioether (sulfide) groups is 1. The maximum atomic E-state index is 12.3. The number of benzene rings is 1. The SMILES string of the molecule is CCC(C)(C)NC(=O)[C@H](C)Sc1n[nH]c(-c2ccc(OC)cc2OC)n1. The maximum Gasteiger partial charge on any atom is 0.233 e. The zero-order valence-electron chi connectivity index (χ0n) is 16.0. The largest absolute Gasteiger partial charge is 0.497 e.